The smallest absolute Gasteiger partial charge is 0.545 e. The number of aromatic nitrogens is 3. The molecule has 3 aromatic heterocycles. The number of carbonyl (C=O) groups is 6. The number of amides is 3. The number of ether oxygens (including phenoxy) is 2. The summed E-state index contributed by atoms with van der Waals surface area (Å²) in [6.45, 7) is 14.8. The zero-order chi connectivity index (χ0) is 67.8. The number of carbonyl (C=O) groups excluding carboxylic acids is 6. The summed E-state index contributed by atoms with van der Waals surface area (Å²) in [5, 5.41) is 20.0. The van der Waals surface area contributed by atoms with Gasteiger partial charge >= 0.3 is 41.5 Å². The number of carboxylic acid groups (broad SMARTS) is 1. The van der Waals surface area contributed by atoms with Crippen LogP contribution >= 0.6 is 15.9 Å². The molecule has 0 aliphatic rings. The first-order chi connectivity index (χ1) is 45.4. The van der Waals surface area contributed by atoms with Crippen molar-refractivity contribution in [1.82, 2.24) is 15.0 Å². The predicted octanol–water partition coefficient (Wildman–Crippen LogP) is 14.0. The summed E-state index contributed by atoms with van der Waals surface area (Å²) in [6.07, 6.45) is 9.56. The van der Waals surface area contributed by atoms with E-state index < -0.39 is 35.0 Å². The Morgan fingerprint density at radius 3 is 1.01 bits per heavy atom. The first-order valence-corrected chi connectivity index (χ1v) is 31.1. The predicted molar refractivity (Wildman–Crippen MR) is 375 cm³/mol. The topological polar surface area (TPSA) is 219 Å². The minimum atomic E-state index is -1.36. The quantitative estimate of drug-likeness (QED) is 0.0684. The molecule has 0 unspecified atom stereocenters. The molecule has 17 heteroatoms. The van der Waals surface area contributed by atoms with E-state index in [0.717, 1.165) is 71.2 Å². The molecule has 0 aliphatic carbocycles. The Morgan fingerprint density at radius 1 is 0.354 bits per heavy atom. The summed E-state index contributed by atoms with van der Waals surface area (Å²) in [5.74, 6) is -3.53. The first-order valence-electron chi connectivity index (χ1n) is 30.3. The van der Waals surface area contributed by atoms with E-state index >= 15 is 0 Å². The SMILES string of the molecule is CC(C)(C)OC(=O)c1ccc(Br)cc1NC(=O)c1cncc(-c2ccccc2)c1.Cc1cccc(-c2ccc(C(=O)OC(C)(C)C)c(NC(=O)c3cncc(-c4ccccc4)c3)c2)c1.Cc1cccc(-c2ccc(C(=O)[O-])c(NC(=O)c3cncc(-c4ccccc4)c3)c2)c1.[Na+]. The number of nitrogens with zero attached hydrogens (tertiary/aromatic N) is 3. The molecule has 0 saturated heterocycles. The number of aromatic carboxylic acids is 1. The molecule has 0 radical (unpaired) electrons. The van der Waals surface area contributed by atoms with E-state index in [4.69, 9.17) is 9.47 Å². The molecule has 3 heterocycles. The third-order valence-electron chi connectivity index (χ3n) is 14.2. The average molecular weight is 1350 g/mol. The number of aryl methyl sites for hydroxylation is 2. The van der Waals surface area contributed by atoms with E-state index in [1.54, 1.807) is 100 Å². The van der Waals surface area contributed by atoms with Crippen molar-refractivity contribution >= 4 is 68.6 Å². The van der Waals surface area contributed by atoms with Gasteiger partial charge in [0.05, 0.1) is 50.8 Å². The van der Waals surface area contributed by atoms with Crippen molar-refractivity contribution in [2.24, 2.45) is 0 Å². The molecule has 11 rings (SSSR count). The van der Waals surface area contributed by atoms with Crippen molar-refractivity contribution in [2.45, 2.75) is 66.6 Å². The zero-order valence-electron chi connectivity index (χ0n) is 54.6. The average Bonchev–Trinajstić information content (AvgIpc) is 1.06. The molecule has 0 saturated carbocycles. The van der Waals surface area contributed by atoms with Crippen LogP contribution in [0, 0.1) is 13.8 Å². The third-order valence-corrected chi connectivity index (χ3v) is 14.7. The summed E-state index contributed by atoms with van der Waals surface area (Å²) in [5.41, 5.74) is 12.3. The number of benzene rings is 8. The van der Waals surface area contributed by atoms with Gasteiger partial charge in [-0.25, -0.2) is 9.59 Å². The fourth-order valence-corrected chi connectivity index (χ4v) is 10.1. The van der Waals surface area contributed by atoms with Gasteiger partial charge in [-0.15, -0.1) is 0 Å². The first kappa shape index (κ1) is 71.4. The van der Waals surface area contributed by atoms with Gasteiger partial charge in [0.25, 0.3) is 17.7 Å². The normalized spacial score (nSPS) is 10.8. The molecule has 15 nitrogen and oxygen atoms in total. The van der Waals surface area contributed by atoms with Crippen LogP contribution in [0.25, 0.3) is 55.6 Å². The molecule has 0 bridgehead atoms. The van der Waals surface area contributed by atoms with E-state index in [-0.39, 0.29) is 63.7 Å². The van der Waals surface area contributed by atoms with E-state index in [2.05, 4.69) is 52.9 Å². The maximum Gasteiger partial charge on any atom is 1.00 e. The van der Waals surface area contributed by atoms with Gasteiger partial charge in [-0.1, -0.05) is 185 Å². The van der Waals surface area contributed by atoms with Crippen molar-refractivity contribution in [2.75, 3.05) is 16.0 Å². The fourth-order valence-electron chi connectivity index (χ4n) is 9.76. The molecule has 96 heavy (non-hydrogen) atoms. The van der Waals surface area contributed by atoms with Crippen LogP contribution in [0.4, 0.5) is 17.1 Å². The fraction of sp³-hybridized carbons (Fsp3) is 0.127. The summed E-state index contributed by atoms with van der Waals surface area (Å²) in [6, 6.07) is 65.3. The molecule has 11 aromatic rings. The minimum absolute atomic E-state index is 0. The second-order valence-electron chi connectivity index (χ2n) is 24.1. The van der Waals surface area contributed by atoms with Crippen molar-refractivity contribution in [3.8, 4) is 55.6 Å². The number of esters is 2. The van der Waals surface area contributed by atoms with E-state index in [1.165, 1.54) is 24.7 Å². The van der Waals surface area contributed by atoms with Crippen LogP contribution in [0.1, 0.15) is 115 Å². The second kappa shape index (κ2) is 32.6. The Labute approximate surface area is 588 Å². The summed E-state index contributed by atoms with van der Waals surface area (Å²) in [7, 11) is 0. The zero-order valence-corrected chi connectivity index (χ0v) is 58.2. The number of halogens is 1. The van der Waals surface area contributed by atoms with Crippen LogP contribution in [0.3, 0.4) is 0 Å². The Hall–Kier alpha value is -10.5. The summed E-state index contributed by atoms with van der Waals surface area (Å²) in [4.78, 5) is 88.7. The summed E-state index contributed by atoms with van der Waals surface area (Å²) < 4.78 is 11.8. The number of nitrogens with one attached hydrogen (secondary N) is 3. The van der Waals surface area contributed by atoms with Crippen molar-refractivity contribution in [1.29, 1.82) is 0 Å². The van der Waals surface area contributed by atoms with Gasteiger partial charge in [-0.05, 0) is 149 Å². The minimum Gasteiger partial charge on any atom is -0.545 e. The molecule has 0 aliphatic heterocycles. The van der Waals surface area contributed by atoms with Gasteiger partial charge in [-0.2, -0.15) is 0 Å². The molecular weight excluding hydrogens is 1280 g/mol. The number of anilines is 3. The van der Waals surface area contributed by atoms with Gasteiger partial charge in [0.2, 0.25) is 0 Å². The van der Waals surface area contributed by atoms with Gasteiger partial charge in [0.1, 0.15) is 11.2 Å². The molecular formula is C79H68BrN6NaO9. The van der Waals surface area contributed by atoms with Crippen LogP contribution < -0.4 is 50.6 Å². The molecule has 476 valence electrons. The van der Waals surface area contributed by atoms with E-state index in [0.29, 0.717) is 28.1 Å². The summed E-state index contributed by atoms with van der Waals surface area (Å²) >= 11 is 3.38. The van der Waals surface area contributed by atoms with Crippen molar-refractivity contribution < 1.29 is 72.9 Å². The Morgan fingerprint density at radius 2 is 0.667 bits per heavy atom. The maximum absolute atomic E-state index is 13.3. The Balaban J connectivity index is 0.000000184. The van der Waals surface area contributed by atoms with Gasteiger partial charge < -0.3 is 35.3 Å². The largest absolute Gasteiger partial charge is 1.00 e. The van der Waals surface area contributed by atoms with Crippen LogP contribution in [0.15, 0.2) is 254 Å². The molecule has 0 atom stereocenters. The Bertz CT molecular complexity index is 4610. The van der Waals surface area contributed by atoms with Crippen LogP contribution in [0.5, 0.6) is 0 Å². The van der Waals surface area contributed by atoms with E-state index in [1.807, 2.05) is 174 Å². The van der Waals surface area contributed by atoms with Gasteiger partial charge in [0, 0.05) is 63.9 Å². The number of hydrogen-bond donors (Lipinski definition) is 3. The van der Waals surface area contributed by atoms with Crippen molar-refractivity contribution in [3.63, 3.8) is 0 Å². The molecule has 3 N–H and O–H groups in total. The van der Waals surface area contributed by atoms with Crippen LogP contribution in [-0.2, 0) is 9.47 Å². The molecule has 8 aromatic carbocycles. The van der Waals surface area contributed by atoms with Crippen LogP contribution in [0.2, 0.25) is 0 Å². The van der Waals surface area contributed by atoms with Gasteiger partial charge in [-0.3, -0.25) is 29.3 Å². The molecule has 3 amide bonds. The third kappa shape index (κ3) is 20.0. The number of carboxylic acids is 1. The monoisotopic (exact) mass is 1350 g/mol. The molecule has 0 spiro atoms. The van der Waals surface area contributed by atoms with Gasteiger partial charge in [0.15, 0.2) is 0 Å². The molecule has 0 fully saturated rings. The second-order valence-corrected chi connectivity index (χ2v) is 25.0. The number of pyridine rings is 3. The number of rotatable bonds is 14. The van der Waals surface area contributed by atoms with Crippen LogP contribution in [-0.4, -0.2) is 61.8 Å². The Kier molecular flexibility index (Phi) is 24.2. The van der Waals surface area contributed by atoms with E-state index in [9.17, 15) is 33.9 Å². The number of hydrogen-bond acceptors (Lipinski definition) is 12. The maximum atomic E-state index is 13.3. The standard InChI is InChI=1S/C30H28N2O3.C26H20N2O3.C23H21BrN2O3.Na/c1-20-9-8-12-22(15-20)23-13-14-26(29(34)35-30(2,3)4)27(17-23)32-28(33)25-16-24(18-31-19-25)21-10-6-5-7-11-21;1-17-6-5-9-19(12-17)20-10-11-23(26(30)31)24(14-20)28-25(29)22-13-21(15-27-16-22)18-7-3-2-4-8-18;1-23(2,3)29-22(28)19-10-9-18(24)12-20(19)26-21(27)17-11-16(13-25-14-17)15-7-5-4-6-8-15;/h5-19H,1-4H3,(H,32,33);2-16H,1H3,(H,28,29)(H,30,31);4-14H,1-3H3,(H,26,27);/q;;;+1/p-1. The van der Waals surface area contributed by atoms with Crippen molar-refractivity contribution in [3.05, 3.63) is 298 Å².